The number of aliphatic hydroxyl groups is 8. The zero-order valence-electron chi connectivity index (χ0n) is 21.9. The lowest BCUT2D eigenvalue weighted by molar-refractivity contribution is -0.317. The summed E-state index contributed by atoms with van der Waals surface area (Å²) in [5.41, 5.74) is 19.7. The van der Waals surface area contributed by atoms with Crippen molar-refractivity contribution < 1.29 is 59.8 Å². The first-order valence-electron chi connectivity index (χ1n) is 12.5. The van der Waals surface area contributed by atoms with Crippen LogP contribution in [0.25, 0.3) is 0 Å². The van der Waals surface area contributed by atoms with Gasteiger partial charge in [-0.3, -0.25) is 0 Å². The van der Waals surface area contributed by atoms with Crippen molar-refractivity contribution in [2.45, 2.75) is 98.2 Å². The van der Waals surface area contributed by atoms with Crippen molar-refractivity contribution in [3.05, 3.63) is 0 Å². The van der Waals surface area contributed by atoms with Gasteiger partial charge in [-0.15, -0.1) is 0 Å². The Morgan fingerprint density at radius 2 is 1.43 bits per heavy atom. The van der Waals surface area contributed by atoms with E-state index in [0.29, 0.717) is 0 Å². The average molecular weight is 584 g/mol. The van der Waals surface area contributed by atoms with E-state index in [1.165, 1.54) is 14.0 Å². The second kappa shape index (κ2) is 12.9. The standard InChI is InChI=1S/C21H41N7O12/c1-5-21(36,4-30)16(40-17-9(26-2)13(34)10(31)6(3-29)38-17)18(37-5)39-15-8(28-20(24)25)11(32)7(27-19(22)23)12(33)14(15)35/h5-18,26,29-36H,3-4H2,1-2H3,(H4,22,23,27)(H4,24,25,28)/t5-,6+,7-,8+,9+,10+,11-,12+,13+,14-,15+,16-,17+,18-,21+/m1/s1. The molecule has 2 aliphatic heterocycles. The molecule has 0 unspecified atom stereocenters. The minimum absolute atomic E-state index is 0.493. The molecule has 19 heteroatoms. The largest absolute Gasteiger partial charge is 0.394 e. The van der Waals surface area contributed by atoms with Crippen LogP contribution in [0.3, 0.4) is 0 Å². The van der Waals surface area contributed by atoms with Gasteiger partial charge in [0.25, 0.3) is 0 Å². The van der Waals surface area contributed by atoms with E-state index in [2.05, 4.69) is 15.3 Å². The minimum Gasteiger partial charge on any atom is -0.394 e. The molecular weight excluding hydrogens is 542 g/mol. The van der Waals surface area contributed by atoms with Crippen molar-refractivity contribution in [3.63, 3.8) is 0 Å². The van der Waals surface area contributed by atoms with Crippen molar-refractivity contribution in [3.8, 4) is 0 Å². The Morgan fingerprint density at radius 1 is 0.825 bits per heavy atom. The second-order valence-electron chi connectivity index (χ2n) is 10.0. The van der Waals surface area contributed by atoms with Crippen LogP contribution in [0.4, 0.5) is 0 Å². The summed E-state index contributed by atoms with van der Waals surface area (Å²) >= 11 is 0. The quantitative estimate of drug-likeness (QED) is 0.0884. The summed E-state index contributed by atoms with van der Waals surface area (Å²) in [4.78, 5) is 7.66. The lowest BCUT2D eigenvalue weighted by Gasteiger charge is -2.45. The predicted molar refractivity (Wildman–Crippen MR) is 134 cm³/mol. The molecule has 0 amide bonds. The van der Waals surface area contributed by atoms with Crippen LogP contribution in [0.2, 0.25) is 0 Å². The fraction of sp³-hybridized carbons (Fsp3) is 0.905. The predicted octanol–water partition coefficient (Wildman–Crippen LogP) is -8.37. The molecular formula is C21H41N7O12. The highest BCUT2D eigenvalue weighted by atomic mass is 16.8. The van der Waals surface area contributed by atoms with E-state index in [-0.39, 0.29) is 0 Å². The molecule has 40 heavy (non-hydrogen) atoms. The van der Waals surface area contributed by atoms with E-state index < -0.39 is 116 Å². The Bertz CT molecular complexity index is 911. The number of hydrogen-bond donors (Lipinski definition) is 13. The fourth-order valence-electron chi connectivity index (χ4n) is 5.17. The third-order valence-corrected chi connectivity index (χ3v) is 7.49. The maximum atomic E-state index is 11.3. The zero-order chi connectivity index (χ0) is 30.1. The van der Waals surface area contributed by atoms with E-state index in [9.17, 15) is 40.9 Å². The van der Waals surface area contributed by atoms with Crippen LogP contribution < -0.4 is 28.3 Å². The molecule has 2 heterocycles. The van der Waals surface area contributed by atoms with Crippen LogP contribution in [0, 0.1) is 0 Å². The molecule has 0 spiro atoms. The Kier molecular flexibility index (Phi) is 10.5. The molecule has 3 rings (SSSR count). The first kappa shape index (κ1) is 32.5. The number of hydrogen-bond acceptors (Lipinski definition) is 15. The molecule has 0 radical (unpaired) electrons. The Hall–Kier alpha value is -1.98. The first-order valence-corrected chi connectivity index (χ1v) is 12.5. The highest BCUT2D eigenvalue weighted by Crippen LogP contribution is 2.39. The van der Waals surface area contributed by atoms with Gasteiger partial charge >= 0.3 is 0 Å². The SMILES string of the molecule is CN[C@@H]1[C@H](O[C@@H]2[C@@H](O[C@@H]3[C@H](O)[C@@H](O)[C@H](N=C(N)N)[C@@H](O)[C@@H]3N=C(N)N)O[C@H](C)[C@@]2(O)CO)O[C@@H](CO)[C@H](O)[C@H]1O. The average Bonchev–Trinajstić information content (AvgIpc) is 3.13. The van der Waals surface area contributed by atoms with Gasteiger partial charge in [0.05, 0.1) is 25.4 Å². The van der Waals surface area contributed by atoms with Gasteiger partial charge in [0, 0.05) is 0 Å². The number of guanidine groups is 2. The van der Waals surface area contributed by atoms with Gasteiger partial charge in [0.1, 0.15) is 66.5 Å². The Morgan fingerprint density at radius 3 is 1.95 bits per heavy atom. The molecule has 0 aromatic rings. The second-order valence-corrected chi connectivity index (χ2v) is 10.0. The number of nitrogens with zero attached hydrogens (tertiary/aromatic N) is 2. The van der Waals surface area contributed by atoms with Crippen molar-refractivity contribution in [1.82, 2.24) is 5.32 Å². The monoisotopic (exact) mass is 583 g/mol. The molecule has 1 saturated carbocycles. The zero-order valence-corrected chi connectivity index (χ0v) is 21.9. The van der Waals surface area contributed by atoms with Crippen LogP contribution in [0.15, 0.2) is 9.98 Å². The summed E-state index contributed by atoms with van der Waals surface area (Å²) in [6.45, 7) is -0.199. The van der Waals surface area contributed by atoms with E-state index in [1.807, 2.05) is 0 Å². The van der Waals surface area contributed by atoms with Crippen LogP contribution in [0.5, 0.6) is 0 Å². The molecule has 17 N–H and O–H groups in total. The number of aliphatic imine (C=N–C) groups is 2. The Labute approximate surface area is 229 Å². The van der Waals surface area contributed by atoms with Gasteiger partial charge in [-0.25, -0.2) is 9.98 Å². The summed E-state index contributed by atoms with van der Waals surface area (Å²) in [5.74, 6) is -1.01. The van der Waals surface area contributed by atoms with E-state index >= 15 is 0 Å². The topological polar surface area (TPSA) is 340 Å². The summed E-state index contributed by atoms with van der Waals surface area (Å²) in [5, 5.41) is 87.0. The summed E-state index contributed by atoms with van der Waals surface area (Å²) in [6.07, 6.45) is -16.9. The van der Waals surface area contributed by atoms with Gasteiger partial charge < -0.3 is 88.1 Å². The van der Waals surface area contributed by atoms with Crippen LogP contribution in [0.1, 0.15) is 6.92 Å². The molecule has 232 valence electrons. The van der Waals surface area contributed by atoms with E-state index in [1.54, 1.807) is 0 Å². The maximum Gasteiger partial charge on any atom is 0.187 e. The molecule has 19 nitrogen and oxygen atoms in total. The van der Waals surface area contributed by atoms with Crippen molar-refractivity contribution >= 4 is 11.9 Å². The maximum absolute atomic E-state index is 11.3. The van der Waals surface area contributed by atoms with Crippen LogP contribution >= 0.6 is 0 Å². The normalized spacial score (nSPS) is 47.5. The minimum atomic E-state index is -2.15. The fourth-order valence-corrected chi connectivity index (χ4v) is 5.17. The molecule has 0 aromatic heterocycles. The number of ether oxygens (including phenoxy) is 4. The molecule has 2 saturated heterocycles. The summed E-state index contributed by atoms with van der Waals surface area (Å²) < 4.78 is 23.2. The lowest BCUT2D eigenvalue weighted by atomic mass is 9.81. The smallest absolute Gasteiger partial charge is 0.187 e. The number of aliphatic hydroxyl groups excluding tert-OH is 7. The number of likely N-dealkylation sites (N-methyl/N-ethyl adjacent to an activating group) is 1. The summed E-state index contributed by atoms with van der Waals surface area (Å²) in [6, 6.07) is -4.00. The lowest BCUT2D eigenvalue weighted by Crippen LogP contribution is -2.66. The third kappa shape index (κ3) is 6.11. The number of nitrogens with one attached hydrogen (secondary N) is 1. The van der Waals surface area contributed by atoms with Crippen molar-refractivity contribution in [2.75, 3.05) is 20.3 Å². The molecule has 15 atom stereocenters. The third-order valence-electron chi connectivity index (χ3n) is 7.49. The highest BCUT2D eigenvalue weighted by Gasteiger charge is 2.60. The molecule has 3 aliphatic rings. The van der Waals surface area contributed by atoms with Gasteiger partial charge in [0.15, 0.2) is 24.5 Å². The molecule has 0 aromatic carbocycles. The molecule has 3 fully saturated rings. The van der Waals surface area contributed by atoms with Gasteiger partial charge in [-0.1, -0.05) is 0 Å². The van der Waals surface area contributed by atoms with Crippen molar-refractivity contribution in [2.24, 2.45) is 32.9 Å². The molecule has 0 bridgehead atoms. The van der Waals surface area contributed by atoms with Gasteiger partial charge in [0.2, 0.25) is 0 Å². The first-order chi connectivity index (χ1) is 18.7. The Balaban J connectivity index is 1.96. The van der Waals surface area contributed by atoms with Crippen molar-refractivity contribution in [1.29, 1.82) is 0 Å². The van der Waals surface area contributed by atoms with Gasteiger partial charge in [-0.05, 0) is 14.0 Å². The van der Waals surface area contributed by atoms with E-state index in [4.69, 9.17) is 41.9 Å². The van der Waals surface area contributed by atoms with E-state index in [0.717, 1.165) is 0 Å². The van der Waals surface area contributed by atoms with Gasteiger partial charge in [-0.2, -0.15) is 0 Å². The molecule has 1 aliphatic carbocycles. The highest BCUT2D eigenvalue weighted by molar-refractivity contribution is 5.76. The van der Waals surface area contributed by atoms with Crippen LogP contribution in [-0.4, -0.2) is 164 Å². The van der Waals surface area contributed by atoms with Crippen LogP contribution in [-0.2, 0) is 18.9 Å². The number of rotatable bonds is 9. The number of nitrogens with two attached hydrogens (primary N) is 4. The summed E-state index contributed by atoms with van der Waals surface area (Å²) in [7, 11) is 1.44.